The van der Waals surface area contributed by atoms with Crippen molar-refractivity contribution in [3.05, 3.63) is 47.4 Å². The summed E-state index contributed by atoms with van der Waals surface area (Å²) in [6, 6.07) is 3.53. The molecule has 0 saturated carbocycles. The molecule has 3 rings (SSSR count). The minimum absolute atomic E-state index is 0.00321. The highest BCUT2D eigenvalue weighted by molar-refractivity contribution is 6.12. The lowest BCUT2D eigenvalue weighted by Crippen LogP contribution is -2.31. The minimum atomic E-state index is -0.420. The van der Waals surface area contributed by atoms with Crippen LogP contribution in [0.15, 0.2) is 30.7 Å². The predicted molar refractivity (Wildman–Crippen MR) is 89.0 cm³/mol. The molecule has 0 atom stereocenters. The van der Waals surface area contributed by atoms with Crippen molar-refractivity contribution in [1.82, 2.24) is 30.3 Å². The van der Waals surface area contributed by atoms with E-state index in [0.29, 0.717) is 22.3 Å². The summed E-state index contributed by atoms with van der Waals surface area (Å²) in [5.41, 5.74) is 2.93. The summed E-state index contributed by atoms with van der Waals surface area (Å²) in [6.45, 7) is 5.82. The van der Waals surface area contributed by atoms with Crippen LogP contribution in [-0.2, 0) is 0 Å². The SMILES string of the molecule is Cc1ccncc1C(=N)NC(=O)c1cnc2c(c1)nnn2C(C)C. The van der Waals surface area contributed by atoms with Gasteiger partial charge in [-0.2, -0.15) is 0 Å². The molecule has 0 saturated heterocycles. The number of nitrogens with one attached hydrogen (secondary N) is 2. The van der Waals surface area contributed by atoms with Gasteiger partial charge < -0.3 is 5.32 Å². The Labute approximate surface area is 138 Å². The van der Waals surface area contributed by atoms with E-state index in [4.69, 9.17) is 5.41 Å². The number of amides is 1. The molecule has 0 aliphatic carbocycles. The van der Waals surface area contributed by atoms with E-state index in [-0.39, 0.29) is 11.9 Å². The first-order chi connectivity index (χ1) is 11.5. The molecular weight excluding hydrogens is 306 g/mol. The van der Waals surface area contributed by atoms with Crippen molar-refractivity contribution in [3.63, 3.8) is 0 Å². The first-order valence-electron chi connectivity index (χ1n) is 7.49. The third-order valence-corrected chi connectivity index (χ3v) is 3.61. The topological polar surface area (TPSA) is 109 Å². The van der Waals surface area contributed by atoms with E-state index in [0.717, 1.165) is 5.56 Å². The second kappa shape index (κ2) is 6.15. The lowest BCUT2D eigenvalue weighted by atomic mass is 10.1. The number of carbonyl (C=O) groups excluding carboxylic acids is 1. The van der Waals surface area contributed by atoms with Crippen molar-refractivity contribution < 1.29 is 4.79 Å². The van der Waals surface area contributed by atoms with Crippen LogP contribution in [0.1, 0.15) is 41.4 Å². The maximum atomic E-state index is 12.4. The van der Waals surface area contributed by atoms with Crippen molar-refractivity contribution in [2.75, 3.05) is 0 Å². The van der Waals surface area contributed by atoms with Crippen LogP contribution < -0.4 is 5.32 Å². The Morgan fingerprint density at radius 1 is 1.33 bits per heavy atom. The highest BCUT2D eigenvalue weighted by Crippen LogP contribution is 2.14. The van der Waals surface area contributed by atoms with Crippen LogP contribution in [0.3, 0.4) is 0 Å². The summed E-state index contributed by atoms with van der Waals surface area (Å²) < 4.78 is 1.69. The Bertz CT molecular complexity index is 929. The molecule has 122 valence electrons. The largest absolute Gasteiger partial charge is 0.306 e. The number of rotatable bonds is 3. The van der Waals surface area contributed by atoms with Crippen LogP contribution in [0.4, 0.5) is 0 Å². The van der Waals surface area contributed by atoms with Gasteiger partial charge in [0.1, 0.15) is 11.4 Å². The second-order valence-corrected chi connectivity index (χ2v) is 5.71. The molecule has 0 bridgehead atoms. The molecule has 8 nitrogen and oxygen atoms in total. The monoisotopic (exact) mass is 323 g/mol. The average molecular weight is 323 g/mol. The summed E-state index contributed by atoms with van der Waals surface area (Å²) in [7, 11) is 0. The maximum Gasteiger partial charge on any atom is 0.258 e. The van der Waals surface area contributed by atoms with Gasteiger partial charge in [-0.1, -0.05) is 5.21 Å². The van der Waals surface area contributed by atoms with Crippen LogP contribution in [0, 0.1) is 12.3 Å². The molecule has 0 aromatic carbocycles. The average Bonchev–Trinajstić information content (AvgIpc) is 2.98. The van der Waals surface area contributed by atoms with Crippen molar-refractivity contribution in [2.24, 2.45) is 0 Å². The molecule has 0 unspecified atom stereocenters. The van der Waals surface area contributed by atoms with Gasteiger partial charge in [-0.05, 0) is 38.5 Å². The van der Waals surface area contributed by atoms with Crippen molar-refractivity contribution in [3.8, 4) is 0 Å². The number of hydrogen-bond acceptors (Lipinski definition) is 6. The molecule has 0 spiro atoms. The summed E-state index contributed by atoms with van der Waals surface area (Å²) in [5, 5.41) is 18.7. The minimum Gasteiger partial charge on any atom is -0.306 e. The lowest BCUT2D eigenvalue weighted by molar-refractivity contribution is 0.0977. The van der Waals surface area contributed by atoms with Gasteiger partial charge in [0.05, 0.1) is 11.6 Å². The fraction of sp³-hybridized carbons (Fsp3) is 0.250. The van der Waals surface area contributed by atoms with E-state index in [1.54, 1.807) is 29.2 Å². The first kappa shape index (κ1) is 15.7. The molecule has 3 aromatic rings. The normalized spacial score (nSPS) is 11.0. The summed E-state index contributed by atoms with van der Waals surface area (Å²) in [5.74, 6) is -0.423. The maximum absolute atomic E-state index is 12.4. The van der Waals surface area contributed by atoms with Crippen LogP contribution in [-0.4, -0.2) is 36.7 Å². The first-order valence-corrected chi connectivity index (χ1v) is 7.49. The molecule has 3 aromatic heterocycles. The zero-order valence-corrected chi connectivity index (χ0v) is 13.6. The summed E-state index contributed by atoms with van der Waals surface area (Å²) >= 11 is 0. The summed E-state index contributed by atoms with van der Waals surface area (Å²) in [6.07, 6.45) is 4.65. The Balaban J connectivity index is 1.84. The zero-order valence-electron chi connectivity index (χ0n) is 13.6. The molecule has 24 heavy (non-hydrogen) atoms. The number of aryl methyl sites for hydroxylation is 1. The molecule has 2 N–H and O–H groups in total. The molecule has 0 radical (unpaired) electrons. The highest BCUT2D eigenvalue weighted by atomic mass is 16.1. The van der Waals surface area contributed by atoms with Gasteiger partial charge in [0.25, 0.3) is 5.91 Å². The highest BCUT2D eigenvalue weighted by Gasteiger charge is 2.15. The number of hydrogen-bond donors (Lipinski definition) is 2. The number of pyridine rings is 2. The molecule has 0 aliphatic rings. The quantitative estimate of drug-likeness (QED) is 0.565. The summed E-state index contributed by atoms with van der Waals surface area (Å²) in [4.78, 5) is 20.6. The molecule has 8 heteroatoms. The van der Waals surface area contributed by atoms with Crippen LogP contribution >= 0.6 is 0 Å². The Morgan fingerprint density at radius 3 is 2.83 bits per heavy atom. The third-order valence-electron chi connectivity index (χ3n) is 3.61. The molecule has 0 fully saturated rings. The Morgan fingerprint density at radius 2 is 2.12 bits per heavy atom. The fourth-order valence-electron chi connectivity index (χ4n) is 2.29. The van der Waals surface area contributed by atoms with Gasteiger partial charge in [0, 0.05) is 24.2 Å². The zero-order chi connectivity index (χ0) is 17.3. The molecule has 1 amide bonds. The smallest absolute Gasteiger partial charge is 0.258 e. The van der Waals surface area contributed by atoms with E-state index in [2.05, 4.69) is 25.6 Å². The molecule has 3 heterocycles. The van der Waals surface area contributed by atoms with E-state index < -0.39 is 5.91 Å². The van der Waals surface area contributed by atoms with Crippen LogP contribution in [0.2, 0.25) is 0 Å². The molecule has 0 aliphatic heterocycles. The molecular formula is C16H17N7O. The number of amidine groups is 1. The number of nitrogens with zero attached hydrogens (tertiary/aromatic N) is 5. The van der Waals surface area contributed by atoms with Gasteiger partial charge in [-0.25, -0.2) is 9.67 Å². The van der Waals surface area contributed by atoms with Gasteiger partial charge in [-0.15, -0.1) is 5.10 Å². The van der Waals surface area contributed by atoms with Crippen LogP contribution in [0.25, 0.3) is 11.2 Å². The second-order valence-electron chi connectivity index (χ2n) is 5.71. The van der Waals surface area contributed by atoms with E-state index in [1.165, 1.54) is 6.20 Å². The number of carbonyl (C=O) groups is 1. The number of fused-ring (bicyclic) bond motifs is 1. The standard InChI is InChI=1S/C16H17N7O/c1-9(2)23-15-13(21-22-23)6-11(7-19-15)16(24)20-14(17)12-8-18-5-4-10(12)3/h4-9H,1-3H3,(H2,17,20,24). The predicted octanol–water partition coefficient (Wildman–Crippen LogP) is 1.87. The van der Waals surface area contributed by atoms with Gasteiger partial charge in [0.15, 0.2) is 5.65 Å². The van der Waals surface area contributed by atoms with Crippen molar-refractivity contribution in [2.45, 2.75) is 26.8 Å². The van der Waals surface area contributed by atoms with E-state index >= 15 is 0 Å². The third kappa shape index (κ3) is 2.85. The van der Waals surface area contributed by atoms with Crippen molar-refractivity contribution >= 4 is 22.9 Å². The van der Waals surface area contributed by atoms with Gasteiger partial charge >= 0.3 is 0 Å². The van der Waals surface area contributed by atoms with E-state index in [9.17, 15) is 4.79 Å². The lowest BCUT2D eigenvalue weighted by Gasteiger charge is -2.09. The van der Waals surface area contributed by atoms with Crippen molar-refractivity contribution in [1.29, 1.82) is 5.41 Å². The Hall–Kier alpha value is -3.16. The van der Waals surface area contributed by atoms with Crippen LogP contribution in [0.5, 0.6) is 0 Å². The Kier molecular flexibility index (Phi) is 4.03. The fourth-order valence-corrected chi connectivity index (χ4v) is 2.29. The van der Waals surface area contributed by atoms with E-state index in [1.807, 2.05) is 20.8 Å². The van der Waals surface area contributed by atoms with Gasteiger partial charge in [-0.3, -0.25) is 15.2 Å². The number of aromatic nitrogens is 5. The van der Waals surface area contributed by atoms with Gasteiger partial charge in [0.2, 0.25) is 0 Å².